The van der Waals surface area contributed by atoms with Gasteiger partial charge in [-0.1, -0.05) is 67.9 Å². The number of nitrogens with one attached hydrogen (secondary N) is 1. The van der Waals surface area contributed by atoms with Crippen LogP contribution in [0.15, 0.2) is 83.8 Å². The Kier molecular flexibility index (Phi) is 7.63. The number of rotatable bonds is 9. The largest absolute Gasteiger partial charge is 0.497 e. The molecule has 0 aliphatic rings. The number of carbonyl (C=O) groups excluding carboxylic acids is 1. The lowest BCUT2D eigenvalue weighted by Gasteiger charge is -2.06. The second-order valence-corrected chi connectivity index (χ2v) is 11.0. The highest BCUT2D eigenvalue weighted by Crippen LogP contribution is 2.33. The van der Waals surface area contributed by atoms with Gasteiger partial charge in [-0.25, -0.2) is 13.4 Å². The van der Waals surface area contributed by atoms with Crippen molar-refractivity contribution in [2.75, 3.05) is 18.2 Å². The smallest absolute Gasteiger partial charge is 0.241 e. The van der Waals surface area contributed by atoms with E-state index in [2.05, 4.69) is 41.5 Å². The van der Waals surface area contributed by atoms with Crippen LogP contribution in [-0.2, 0) is 21.1 Å². The van der Waals surface area contributed by atoms with E-state index >= 15 is 0 Å². The molecule has 0 saturated heterocycles. The molecule has 1 aromatic heterocycles. The molecule has 6 nitrogen and oxygen atoms in total. The molecule has 0 saturated carbocycles. The highest BCUT2D eigenvalue weighted by molar-refractivity contribution is 7.92. The van der Waals surface area contributed by atoms with Crippen LogP contribution in [0, 0.1) is 0 Å². The summed E-state index contributed by atoms with van der Waals surface area (Å²) >= 11 is 1.38. The lowest BCUT2D eigenvalue weighted by Crippen LogP contribution is -2.22. The summed E-state index contributed by atoms with van der Waals surface area (Å²) in [7, 11) is -2.29. The van der Waals surface area contributed by atoms with Gasteiger partial charge in [-0.15, -0.1) is 11.3 Å². The van der Waals surface area contributed by atoms with E-state index in [-0.39, 0.29) is 4.90 Å². The average molecular weight is 507 g/mol. The second kappa shape index (κ2) is 10.8. The molecule has 0 spiro atoms. The summed E-state index contributed by atoms with van der Waals surface area (Å²) in [5, 5.41) is 3.08. The van der Waals surface area contributed by atoms with E-state index in [1.54, 1.807) is 12.1 Å². The van der Waals surface area contributed by atoms with Crippen molar-refractivity contribution < 1.29 is 17.9 Å². The Balaban J connectivity index is 1.51. The molecule has 1 heterocycles. The molecule has 0 bridgehead atoms. The minimum Gasteiger partial charge on any atom is -0.497 e. The number of carbonyl (C=O) groups is 1. The van der Waals surface area contributed by atoms with Crippen LogP contribution < -0.4 is 10.1 Å². The minimum atomic E-state index is -3.79. The van der Waals surface area contributed by atoms with Gasteiger partial charge in [0.05, 0.1) is 17.7 Å². The van der Waals surface area contributed by atoms with Gasteiger partial charge in [-0.05, 0) is 41.8 Å². The highest BCUT2D eigenvalue weighted by atomic mass is 32.2. The Morgan fingerprint density at radius 3 is 2.17 bits per heavy atom. The molecule has 1 amide bonds. The first-order valence-electron chi connectivity index (χ1n) is 11.2. The number of anilines is 1. The number of benzene rings is 3. The van der Waals surface area contributed by atoms with Crippen molar-refractivity contribution in [3.63, 3.8) is 0 Å². The third kappa shape index (κ3) is 5.96. The predicted octanol–water partition coefficient (Wildman–Crippen LogP) is 5.85. The van der Waals surface area contributed by atoms with Gasteiger partial charge in [-0.2, -0.15) is 0 Å². The normalized spacial score (nSPS) is 11.3. The summed E-state index contributed by atoms with van der Waals surface area (Å²) < 4.78 is 30.4. The predicted molar refractivity (Wildman–Crippen MR) is 141 cm³/mol. The summed E-state index contributed by atoms with van der Waals surface area (Å²) in [5.41, 5.74) is 4.01. The summed E-state index contributed by atoms with van der Waals surface area (Å²) in [6, 6.07) is 24.3. The zero-order valence-corrected chi connectivity index (χ0v) is 21.2. The van der Waals surface area contributed by atoms with Crippen molar-refractivity contribution in [2.45, 2.75) is 24.7 Å². The SMILES string of the molecule is CCCc1sc(NC(=O)CS(=O)(=O)c2ccc(OC)cc2)nc1-c1ccc(-c2ccccc2)cc1. The van der Waals surface area contributed by atoms with Gasteiger partial charge < -0.3 is 10.1 Å². The molecular weight excluding hydrogens is 480 g/mol. The van der Waals surface area contributed by atoms with Crippen LogP contribution >= 0.6 is 11.3 Å². The van der Waals surface area contributed by atoms with Crippen LogP contribution in [0.5, 0.6) is 5.75 Å². The van der Waals surface area contributed by atoms with Gasteiger partial charge in [0.1, 0.15) is 11.5 Å². The Bertz CT molecular complexity index is 1400. The molecule has 0 aliphatic heterocycles. The Morgan fingerprint density at radius 2 is 1.54 bits per heavy atom. The van der Waals surface area contributed by atoms with Crippen molar-refractivity contribution in [2.24, 2.45) is 0 Å². The number of methoxy groups -OCH3 is 1. The molecule has 1 N–H and O–H groups in total. The molecule has 0 unspecified atom stereocenters. The maximum Gasteiger partial charge on any atom is 0.241 e. The Morgan fingerprint density at radius 1 is 0.914 bits per heavy atom. The van der Waals surface area contributed by atoms with Crippen molar-refractivity contribution >= 4 is 32.2 Å². The van der Waals surface area contributed by atoms with Gasteiger partial charge >= 0.3 is 0 Å². The molecular formula is C27H26N2O4S2. The summed E-state index contributed by atoms with van der Waals surface area (Å²) in [6.45, 7) is 2.09. The molecule has 0 fully saturated rings. The monoisotopic (exact) mass is 506 g/mol. The zero-order valence-electron chi connectivity index (χ0n) is 19.5. The van der Waals surface area contributed by atoms with E-state index in [0.29, 0.717) is 10.9 Å². The van der Waals surface area contributed by atoms with E-state index in [9.17, 15) is 13.2 Å². The molecule has 35 heavy (non-hydrogen) atoms. The third-order valence-corrected chi connectivity index (χ3v) is 8.09. The van der Waals surface area contributed by atoms with Crippen LogP contribution in [0.1, 0.15) is 18.2 Å². The molecule has 4 aromatic rings. The topological polar surface area (TPSA) is 85.4 Å². The number of aryl methyl sites for hydroxylation is 1. The lowest BCUT2D eigenvalue weighted by molar-refractivity contribution is -0.113. The van der Waals surface area contributed by atoms with E-state index in [1.165, 1.54) is 30.6 Å². The Labute approximate surface area is 209 Å². The molecule has 0 radical (unpaired) electrons. The second-order valence-electron chi connectivity index (χ2n) is 7.97. The maximum absolute atomic E-state index is 12.7. The van der Waals surface area contributed by atoms with Crippen LogP contribution in [-0.4, -0.2) is 32.2 Å². The number of hydrogen-bond donors (Lipinski definition) is 1. The van der Waals surface area contributed by atoms with Crippen LogP contribution in [0.2, 0.25) is 0 Å². The fourth-order valence-corrected chi connectivity index (χ4v) is 5.91. The van der Waals surface area contributed by atoms with E-state index in [1.807, 2.05) is 30.3 Å². The number of aromatic nitrogens is 1. The van der Waals surface area contributed by atoms with Crippen LogP contribution in [0.25, 0.3) is 22.4 Å². The van der Waals surface area contributed by atoms with Crippen molar-refractivity contribution in [3.05, 3.63) is 83.7 Å². The summed E-state index contributed by atoms with van der Waals surface area (Å²) in [4.78, 5) is 18.4. The van der Waals surface area contributed by atoms with Crippen molar-refractivity contribution in [3.8, 4) is 28.1 Å². The van der Waals surface area contributed by atoms with Crippen molar-refractivity contribution in [1.29, 1.82) is 0 Å². The van der Waals surface area contributed by atoms with E-state index in [4.69, 9.17) is 4.74 Å². The highest BCUT2D eigenvalue weighted by Gasteiger charge is 2.21. The van der Waals surface area contributed by atoms with E-state index in [0.717, 1.165) is 40.1 Å². The number of thiazole rings is 1. The standard InChI is InChI=1S/C27H26N2O4S2/c1-3-7-24-26(21-12-10-20(11-13-21)19-8-5-4-6-9-19)29-27(34-24)28-25(30)18-35(31,32)23-16-14-22(33-2)15-17-23/h4-6,8-17H,3,7,18H2,1-2H3,(H,28,29,30). The molecule has 0 atom stereocenters. The number of nitrogens with zero attached hydrogens (tertiary/aromatic N) is 1. The van der Waals surface area contributed by atoms with Gasteiger partial charge in [0, 0.05) is 10.4 Å². The number of sulfone groups is 1. The van der Waals surface area contributed by atoms with Crippen LogP contribution in [0.3, 0.4) is 0 Å². The van der Waals surface area contributed by atoms with Gasteiger partial charge in [0.2, 0.25) is 5.91 Å². The quantitative estimate of drug-likeness (QED) is 0.308. The first kappa shape index (κ1) is 24.6. The number of amides is 1. The van der Waals surface area contributed by atoms with E-state index < -0.39 is 21.5 Å². The summed E-state index contributed by atoms with van der Waals surface area (Å²) in [6.07, 6.45) is 1.74. The molecule has 8 heteroatoms. The molecule has 3 aromatic carbocycles. The summed E-state index contributed by atoms with van der Waals surface area (Å²) in [5.74, 6) is -0.740. The van der Waals surface area contributed by atoms with Gasteiger partial charge in [0.15, 0.2) is 15.0 Å². The fraction of sp³-hybridized carbons (Fsp3) is 0.185. The molecule has 0 aliphatic carbocycles. The van der Waals surface area contributed by atoms with Gasteiger partial charge in [0.25, 0.3) is 0 Å². The third-order valence-electron chi connectivity index (χ3n) is 5.43. The first-order chi connectivity index (χ1) is 16.9. The molecule has 180 valence electrons. The first-order valence-corrected chi connectivity index (χ1v) is 13.7. The maximum atomic E-state index is 12.7. The number of hydrogen-bond acceptors (Lipinski definition) is 6. The fourth-order valence-electron chi connectivity index (χ4n) is 3.67. The minimum absolute atomic E-state index is 0.0680. The number of ether oxygens (including phenoxy) is 1. The average Bonchev–Trinajstić information content (AvgIpc) is 3.26. The lowest BCUT2D eigenvalue weighted by atomic mass is 10.0. The molecule has 4 rings (SSSR count). The van der Waals surface area contributed by atoms with Crippen molar-refractivity contribution in [1.82, 2.24) is 4.98 Å². The zero-order chi connectivity index (χ0) is 24.8. The van der Waals surface area contributed by atoms with Gasteiger partial charge in [-0.3, -0.25) is 4.79 Å². The van der Waals surface area contributed by atoms with Crippen LogP contribution in [0.4, 0.5) is 5.13 Å². The Hall–Kier alpha value is -3.49.